The third kappa shape index (κ3) is 7.68. The first-order valence-corrected chi connectivity index (χ1v) is 12.8. The Hall–Kier alpha value is -4.16. The Balaban J connectivity index is 1.98. The molecule has 13 nitrogen and oxygen atoms in total. The van der Waals surface area contributed by atoms with Crippen molar-refractivity contribution in [2.45, 2.75) is 77.2 Å². The van der Waals surface area contributed by atoms with Crippen molar-refractivity contribution in [3.63, 3.8) is 0 Å². The molecule has 0 saturated heterocycles. The lowest BCUT2D eigenvalue weighted by atomic mass is 10.00. The quantitative estimate of drug-likeness (QED) is 0.451. The molecule has 1 aliphatic rings. The van der Waals surface area contributed by atoms with Gasteiger partial charge in [0.15, 0.2) is 0 Å². The fourth-order valence-electron chi connectivity index (χ4n) is 4.16. The Morgan fingerprint density at radius 2 is 1.87 bits per heavy atom. The molecule has 39 heavy (non-hydrogen) atoms. The van der Waals surface area contributed by atoms with Crippen molar-refractivity contribution in [1.82, 2.24) is 36.3 Å². The van der Waals surface area contributed by atoms with E-state index in [0.29, 0.717) is 48.4 Å². The summed E-state index contributed by atoms with van der Waals surface area (Å²) in [5.41, 5.74) is 1.07. The highest BCUT2D eigenvalue weighted by Gasteiger charge is 2.30. The maximum Gasteiger partial charge on any atom is 0.408 e. The predicted molar refractivity (Wildman–Crippen MR) is 142 cm³/mol. The molecular formula is C26H37N7O6. The SMILES string of the molecule is CNC(=O)[C@H]1NC(=O)[C@@H](C)NC(=O)[C@@H](NC(=O)OC(C)(C)C)CCCCn2nncc2-c2cc1ccc2OC. The molecule has 1 aromatic heterocycles. The summed E-state index contributed by atoms with van der Waals surface area (Å²) >= 11 is 0. The number of fused-ring (bicyclic) bond motifs is 4. The number of alkyl carbamates (subject to hydrolysis) is 1. The molecule has 3 atom stereocenters. The van der Waals surface area contributed by atoms with Gasteiger partial charge in [-0.2, -0.15) is 0 Å². The number of amides is 4. The maximum atomic E-state index is 13.1. The Kier molecular flexibility index (Phi) is 9.49. The normalized spacial score (nSPS) is 20.6. The largest absolute Gasteiger partial charge is 0.496 e. The van der Waals surface area contributed by atoms with Crippen LogP contribution in [-0.2, 0) is 25.7 Å². The van der Waals surface area contributed by atoms with Gasteiger partial charge in [-0.05, 0) is 64.7 Å². The van der Waals surface area contributed by atoms with Crippen LogP contribution < -0.4 is 26.0 Å². The second kappa shape index (κ2) is 12.6. The van der Waals surface area contributed by atoms with E-state index in [-0.39, 0.29) is 0 Å². The zero-order valence-corrected chi connectivity index (χ0v) is 23.2. The first-order valence-electron chi connectivity index (χ1n) is 12.8. The van der Waals surface area contributed by atoms with Crippen LogP contribution in [0, 0.1) is 0 Å². The number of aromatic nitrogens is 3. The zero-order chi connectivity index (χ0) is 28.7. The van der Waals surface area contributed by atoms with Gasteiger partial charge in [0.1, 0.15) is 29.5 Å². The summed E-state index contributed by atoms with van der Waals surface area (Å²) in [6.45, 7) is 7.16. The minimum absolute atomic E-state index is 0.295. The summed E-state index contributed by atoms with van der Waals surface area (Å²) < 4.78 is 12.6. The number of rotatable bonds is 3. The molecule has 3 rings (SSSR count). The van der Waals surface area contributed by atoms with E-state index in [0.717, 1.165) is 0 Å². The number of aryl methyl sites for hydroxylation is 1. The van der Waals surface area contributed by atoms with Gasteiger partial charge in [-0.25, -0.2) is 9.48 Å². The third-order valence-corrected chi connectivity index (χ3v) is 6.12. The van der Waals surface area contributed by atoms with Crippen molar-refractivity contribution in [2.75, 3.05) is 14.2 Å². The monoisotopic (exact) mass is 543 g/mol. The lowest BCUT2D eigenvalue weighted by Crippen LogP contribution is -2.54. The molecule has 4 N–H and O–H groups in total. The Morgan fingerprint density at radius 3 is 2.54 bits per heavy atom. The molecule has 2 aromatic rings. The van der Waals surface area contributed by atoms with E-state index in [1.165, 1.54) is 14.0 Å². The van der Waals surface area contributed by atoms with Gasteiger partial charge in [0.05, 0.1) is 19.0 Å². The molecule has 0 unspecified atom stereocenters. The molecule has 0 radical (unpaired) electrons. The number of carbonyl (C=O) groups is 4. The molecular weight excluding hydrogens is 506 g/mol. The Bertz CT molecular complexity index is 1210. The maximum absolute atomic E-state index is 13.1. The lowest BCUT2D eigenvalue weighted by molar-refractivity contribution is -0.132. The highest BCUT2D eigenvalue weighted by Crippen LogP contribution is 2.32. The van der Waals surface area contributed by atoms with E-state index in [4.69, 9.17) is 9.47 Å². The topological polar surface area (TPSA) is 166 Å². The first kappa shape index (κ1) is 29.4. The number of hydrogen-bond donors (Lipinski definition) is 4. The number of carbonyl (C=O) groups excluding carboxylic acids is 4. The fourth-order valence-corrected chi connectivity index (χ4v) is 4.16. The molecule has 0 spiro atoms. The smallest absolute Gasteiger partial charge is 0.408 e. The van der Waals surface area contributed by atoms with E-state index in [1.54, 1.807) is 57.0 Å². The molecule has 0 fully saturated rings. The molecule has 0 aliphatic carbocycles. The molecule has 4 amide bonds. The molecule has 2 heterocycles. The third-order valence-electron chi connectivity index (χ3n) is 6.12. The van der Waals surface area contributed by atoms with Gasteiger partial charge in [-0.15, -0.1) is 5.10 Å². The molecule has 13 heteroatoms. The summed E-state index contributed by atoms with van der Waals surface area (Å²) in [5, 5.41) is 18.8. The van der Waals surface area contributed by atoms with Crippen LogP contribution in [0.4, 0.5) is 4.79 Å². The van der Waals surface area contributed by atoms with Crippen molar-refractivity contribution in [3.8, 4) is 17.0 Å². The second-order valence-corrected chi connectivity index (χ2v) is 10.3. The minimum Gasteiger partial charge on any atom is -0.496 e. The van der Waals surface area contributed by atoms with Crippen LogP contribution in [0.3, 0.4) is 0 Å². The minimum atomic E-state index is -1.06. The Morgan fingerprint density at radius 1 is 1.13 bits per heavy atom. The highest BCUT2D eigenvalue weighted by molar-refractivity contribution is 5.94. The predicted octanol–water partition coefficient (Wildman–Crippen LogP) is 1.44. The van der Waals surface area contributed by atoms with Crippen molar-refractivity contribution in [3.05, 3.63) is 30.0 Å². The number of ether oxygens (including phenoxy) is 2. The van der Waals surface area contributed by atoms with Crippen LogP contribution in [0.2, 0.25) is 0 Å². The van der Waals surface area contributed by atoms with Gasteiger partial charge in [0, 0.05) is 19.2 Å². The summed E-state index contributed by atoms with van der Waals surface area (Å²) in [6, 6.07) is 2.16. The average Bonchev–Trinajstić information content (AvgIpc) is 3.34. The van der Waals surface area contributed by atoms with E-state index < -0.39 is 47.5 Å². The van der Waals surface area contributed by atoms with Gasteiger partial charge >= 0.3 is 6.09 Å². The van der Waals surface area contributed by atoms with Crippen LogP contribution in [0.5, 0.6) is 5.75 Å². The van der Waals surface area contributed by atoms with Crippen LogP contribution in [0.15, 0.2) is 24.4 Å². The molecule has 1 aliphatic heterocycles. The van der Waals surface area contributed by atoms with E-state index >= 15 is 0 Å². The van der Waals surface area contributed by atoms with Gasteiger partial charge < -0.3 is 30.7 Å². The molecule has 1 aromatic carbocycles. The molecule has 212 valence electrons. The second-order valence-electron chi connectivity index (χ2n) is 10.3. The lowest BCUT2D eigenvalue weighted by Gasteiger charge is -2.25. The van der Waals surface area contributed by atoms with Crippen molar-refractivity contribution in [2.24, 2.45) is 0 Å². The molecule has 2 bridgehead atoms. The number of benzene rings is 1. The number of likely N-dealkylation sites (N-methyl/N-ethyl adjacent to an activating group) is 1. The fraction of sp³-hybridized carbons (Fsp3) is 0.538. The summed E-state index contributed by atoms with van der Waals surface area (Å²) in [7, 11) is 3.01. The van der Waals surface area contributed by atoms with Crippen LogP contribution in [0.1, 0.15) is 58.6 Å². The first-order chi connectivity index (χ1) is 18.4. The Labute approximate surface area is 227 Å². The van der Waals surface area contributed by atoms with Crippen molar-refractivity contribution < 1.29 is 28.7 Å². The van der Waals surface area contributed by atoms with Gasteiger partial charge in [0.25, 0.3) is 0 Å². The van der Waals surface area contributed by atoms with E-state index in [1.807, 2.05) is 0 Å². The number of methoxy groups -OCH3 is 1. The van der Waals surface area contributed by atoms with Crippen molar-refractivity contribution in [1.29, 1.82) is 0 Å². The van der Waals surface area contributed by atoms with Crippen LogP contribution in [0.25, 0.3) is 11.3 Å². The summed E-state index contributed by atoms with van der Waals surface area (Å²) in [5.74, 6) is -1.02. The van der Waals surface area contributed by atoms with Crippen LogP contribution >= 0.6 is 0 Å². The summed E-state index contributed by atoms with van der Waals surface area (Å²) in [4.78, 5) is 51.5. The van der Waals surface area contributed by atoms with E-state index in [9.17, 15) is 19.2 Å². The highest BCUT2D eigenvalue weighted by atomic mass is 16.6. The number of hydrogen-bond acceptors (Lipinski definition) is 8. The average molecular weight is 544 g/mol. The van der Waals surface area contributed by atoms with Gasteiger partial charge in [-0.1, -0.05) is 11.3 Å². The van der Waals surface area contributed by atoms with Crippen LogP contribution in [-0.4, -0.2) is 70.7 Å². The van der Waals surface area contributed by atoms with Gasteiger partial charge in [-0.3, -0.25) is 14.4 Å². The number of nitrogens with zero attached hydrogens (tertiary/aromatic N) is 3. The standard InChI is InChI=1S/C26H37N7O6/c1-15-22(34)31-21(24(36)27-5)16-10-11-20(38-6)17(13-16)19-14-28-32-33(19)12-8-7-9-18(23(35)29-15)30-25(37)39-26(2,3)4/h10-11,13-15,18,21H,7-9,12H2,1-6H3,(H,27,36)(H,29,35)(H,30,37)(H,31,34)/t15-,18+,21+/m1/s1. The molecule has 0 saturated carbocycles. The number of nitrogens with one attached hydrogen (secondary N) is 4. The summed E-state index contributed by atoms with van der Waals surface area (Å²) in [6.07, 6.45) is 2.33. The van der Waals surface area contributed by atoms with E-state index in [2.05, 4.69) is 31.6 Å². The van der Waals surface area contributed by atoms with Gasteiger partial charge in [0.2, 0.25) is 17.7 Å². The zero-order valence-electron chi connectivity index (χ0n) is 23.2. The van der Waals surface area contributed by atoms with Crippen molar-refractivity contribution >= 4 is 23.8 Å².